The Balaban J connectivity index is 0.000000283. The molecule has 28 heavy (non-hydrogen) atoms. The molecule has 0 spiro atoms. The number of anilines is 4. The number of rotatable bonds is 6. The van der Waals surface area contributed by atoms with E-state index in [9.17, 15) is 9.59 Å². The Bertz CT molecular complexity index is 853. The number of hydrogen-bond acceptors (Lipinski definition) is 8. The lowest BCUT2D eigenvalue weighted by atomic mass is 9.77. The Labute approximate surface area is 164 Å². The number of nitrogens with two attached hydrogens (primary N) is 3. The maximum atomic E-state index is 11.2. The number of hydrogen-bond donors (Lipinski definition) is 4. The smallest absolute Gasteiger partial charge is 0.311 e. The van der Waals surface area contributed by atoms with E-state index in [-0.39, 0.29) is 24.0 Å². The van der Waals surface area contributed by atoms with Gasteiger partial charge in [0, 0.05) is 12.7 Å². The Morgan fingerprint density at radius 3 is 2.50 bits per heavy atom. The highest BCUT2D eigenvalue weighted by Crippen LogP contribution is 2.20. The highest BCUT2D eigenvalue weighted by Gasteiger charge is 2.06. The van der Waals surface area contributed by atoms with Crippen LogP contribution in [0.4, 0.5) is 23.0 Å². The summed E-state index contributed by atoms with van der Waals surface area (Å²) >= 11 is 0. The number of aromatic nitrogens is 1. The molecule has 1 aromatic carbocycles. The van der Waals surface area contributed by atoms with Crippen LogP contribution in [0, 0.1) is 11.2 Å². The lowest BCUT2D eigenvalue weighted by Gasteiger charge is -2.05. The van der Waals surface area contributed by atoms with Crippen LogP contribution in [-0.4, -0.2) is 24.1 Å². The van der Waals surface area contributed by atoms with Gasteiger partial charge in [0.25, 0.3) is 7.28 Å². The molecule has 0 saturated carbocycles. The number of pyridine rings is 1. The van der Waals surface area contributed by atoms with E-state index in [0.717, 1.165) is 6.42 Å². The molecule has 0 aliphatic rings. The monoisotopic (exact) mass is 381 g/mol. The number of nitrogen functional groups attached to an aromatic ring is 3. The molecule has 7 N–H and O–H groups in total. The molecule has 1 radical (unpaired) electrons. The van der Waals surface area contributed by atoms with E-state index < -0.39 is 0 Å². The largest absolute Gasteiger partial charge is 0.424 e. The van der Waals surface area contributed by atoms with Crippen molar-refractivity contribution in [3.8, 4) is 11.7 Å². The second kappa shape index (κ2) is 11.8. The van der Waals surface area contributed by atoms with E-state index in [1.165, 1.54) is 13.3 Å². The van der Waals surface area contributed by atoms with Gasteiger partial charge in [-0.1, -0.05) is 19.1 Å². The number of nitrogens with one attached hydrogen (secondary N) is 1. The number of amides is 1. The van der Waals surface area contributed by atoms with Crippen molar-refractivity contribution in [2.45, 2.75) is 26.1 Å². The van der Waals surface area contributed by atoms with Gasteiger partial charge < -0.3 is 27.3 Å². The highest BCUT2D eigenvalue weighted by molar-refractivity contribution is 6.50. The number of carbonyl (C=O) groups is 2. The van der Waals surface area contributed by atoms with Crippen molar-refractivity contribution in [3.05, 3.63) is 36.4 Å². The fourth-order valence-corrected chi connectivity index (χ4v) is 1.84. The van der Waals surface area contributed by atoms with Crippen LogP contribution < -0.4 is 27.3 Å². The molecule has 1 heterocycles. The van der Waals surface area contributed by atoms with E-state index in [1.54, 1.807) is 36.3 Å². The minimum Gasteiger partial charge on any atom is -0.424 e. The van der Waals surface area contributed by atoms with Crippen molar-refractivity contribution in [1.82, 2.24) is 4.98 Å². The van der Waals surface area contributed by atoms with Gasteiger partial charge >= 0.3 is 5.97 Å². The minimum atomic E-state index is -0.326. The summed E-state index contributed by atoms with van der Waals surface area (Å²) in [5.41, 5.74) is 17.3. The van der Waals surface area contributed by atoms with Gasteiger partial charge in [-0.05, 0) is 36.7 Å². The summed E-state index contributed by atoms with van der Waals surface area (Å²) in [6.07, 6.45) is 1.22. The Morgan fingerprint density at radius 1 is 1.18 bits per heavy atom. The van der Waals surface area contributed by atoms with Crippen LogP contribution >= 0.6 is 0 Å². The molecule has 0 atom stereocenters. The number of para-hydroxylation sites is 2. The third-order valence-electron chi connectivity index (χ3n) is 3.20. The molecule has 9 nitrogen and oxygen atoms in total. The first-order chi connectivity index (χ1) is 13.4. The Hall–Kier alpha value is -3.74. The highest BCUT2D eigenvalue weighted by atomic mass is 16.5. The van der Waals surface area contributed by atoms with Crippen molar-refractivity contribution in [3.63, 3.8) is 0 Å². The van der Waals surface area contributed by atoms with Gasteiger partial charge in [0.2, 0.25) is 5.91 Å². The average molecular weight is 381 g/mol. The fraction of sp³-hybridized carbons (Fsp3) is 0.222. The molecule has 0 aliphatic carbocycles. The van der Waals surface area contributed by atoms with Crippen LogP contribution in [0.15, 0.2) is 36.4 Å². The molecule has 2 rings (SSSR count). The van der Waals surface area contributed by atoms with E-state index >= 15 is 0 Å². The van der Waals surface area contributed by atoms with Crippen LogP contribution in [0.1, 0.15) is 19.8 Å². The number of carbonyl (C=O) groups excluding carboxylic acids is 2. The summed E-state index contributed by atoms with van der Waals surface area (Å²) in [7, 11) is 1.19. The quantitative estimate of drug-likeness (QED) is 0.254. The zero-order valence-electron chi connectivity index (χ0n) is 15.5. The molecule has 0 bridgehead atoms. The number of nitriles is 1. The lowest BCUT2D eigenvalue weighted by Crippen LogP contribution is -2.14. The minimum absolute atomic E-state index is 0.0163. The van der Waals surface area contributed by atoms with Gasteiger partial charge in [-0.15, -0.1) is 0 Å². The van der Waals surface area contributed by atoms with E-state index in [4.69, 9.17) is 27.2 Å². The summed E-state index contributed by atoms with van der Waals surface area (Å²) in [6.45, 7) is 1.93. The third-order valence-corrected chi connectivity index (χ3v) is 3.20. The molecule has 1 amide bonds. The molecule has 0 unspecified atom stereocenters. The molecular formula is C18H22BN6O3. The van der Waals surface area contributed by atoms with Crippen molar-refractivity contribution in [2.75, 3.05) is 22.5 Å². The van der Waals surface area contributed by atoms with Crippen LogP contribution in [0.3, 0.4) is 0 Å². The third kappa shape index (κ3) is 8.10. The number of benzene rings is 1. The molecule has 0 fully saturated rings. The van der Waals surface area contributed by atoms with E-state index in [1.807, 2.05) is 6.92 Å². The SMILES string of the molecule is CCCC(=O)Oc1ccccc1N.N#C[B]CC(=O)Nc1ccc(N)c(N)n1. The standard InChI is InChI=1S/C10H13NO2.C8H9BN5O/c1-2-5-10(12)13-9-7-4-3-6-8(9)11;10-4-9-3-7(15)13-6-2-1-5(11)8(12)14-6/h3-4,6-7H,2,5,11H2,1H3;1-2H,3,11H2,(H3,12,13,14,15). The zero-order chi connectivity index (χ0) is 20.9. The zero-order valence-corrected chi connectivity index (χ0v) is 15.5. The van der Waals surface area contributed by atoms with E-state index in [2.05, 4.69) is 10.3 Å². The topological polar surface area (TPSA) is 170 Å². The molecule has 1 aromatic heterocycles. The summed E-state index contributed by atoms with van der Waals surface area (Å²) < 4.78 is 5.02. The molecule has 145 valence electrons. The summed E-state index contributed by atoms with van der Waals surface area (Å²) in [4.78, 5) is 26.1. The fourth-order valence-electron chi connectivity index (χ4n) is 1.84. The van der Waals surface area contributed by atoms with Gasteiger partial charge in [-0.25, -0.2) is 10.2 Å². The van der Waals surface area contributed by atoms with Crippen LogP contribution in [-0.2, 0) is 9.59 Å². The Morgan fingerprint density at radius 2 is 1.89 bits per heavy atom. The number of nitrogens with zero attached hydrogens (tertiary/aromatic N) is 2. The maximum absolute atomic E-state index is 11.2. The summed E-state index contributed by atoms with van der Waals surface area (Å²) in [5, 5.41) is 10.7. The molecule has 10 heteroatoms. The van der Waals surface area contributed by atoms with Crippen LogP contribution in [0.25, 0.3) is 0 Å². The van der Waals surface area contributed by atoms with Gasteiger partial charge in [-0.3, -0.25) is 9.59 Å². The van der Waals surface area contributed by atoms with Crippen LogP contribution in [0.5, 0.6) is 5.75 Å². The molecule has 2 aromatic rings. The first-order valence-electron chi connectivity index (χ1n) is 8.45. The van der Waals surface area contributed by atoms with Crippen molar-refractivity contribution in [1.29, 1.82) is 5.26 Å². The number of ether oxygens (including phenoxy) is 1. The molecule has 0 aliphatic heterocycles. The molecular weight excluding hydrogens is 359 g/mol. The van der Waals surface area contributed by atoms with E-state index in [0.29, 0.717) is 29.4 Å². The maximum Gasteiger partial charge on any atom is 0.311 e. The van der Waals surface area contributed by atoms with Gasteiger partial charge in [0.05, 0.1) is 11.4 Å². The number of esters is 1. The Kier molecular flexibility index (Phi) is 9.40. The van der Waals surface area contributed by atoms with Crippen molar-refractivity contribution in [2.24, 2.45) is 0 Å². The van der Waals surface area contributed by atoms with Gasteiger partial charge in [0.15, 0.2) is 5.75 Å². The second-order valence-corrected chi connectivity index (χ2v) is 5.52. The first kappa shape index (κ1) is 22.3. The predicted molar refractivity (Wildman–Crippen MR) is 109 cm³/mol. The lowest BCUT2D eigenvalue weighted by molar-refractivity contribution is -0.134. The normalized spacial score (nSPS) is 9.29. The molecule has 0 saturated heterocycles. The van der Waals surface area contributed by atoms with Gasteiger partial charge in [-0.2, -0.15) is 0 Å². The van der Waals surface area contributed by atoms with Crippen molar-refractivity contribution < 1.29 is 14.3 Å². The van der Waals surface area contributed by atoms with Crippen LogP contribution in [0.2, 0.25) is 6.32 Å². The second-order valence-electron chi connectivity index (χ2n) is 5.52. The summed E-state index contributed by atoms with van der Waals surface area (Å²) in [6, 6.07) is 10.1. The van der Waals surface area contributed by atoms with Gasteiger partial charge in [0.1, 0.15) is 11.6 Å². The summed E-state index contributed by atoms with van der Waals surface area (Å²) in [5.74, 6) is 2.12. The van der Waals surface area contributed by atoms with Crippen molar-refractivity contribution >= 4 is 42.2 Å². The predicted octanol–water partition coefficient (Wildman–Crippen LogP) is 1.76. The first-order valence-corrected chi connectivity index (χ1v) is 8.45. The average Bonchev–Trinajstić information content (AvgIpc) is 2.66.